The Bertz CT molecular complexity index is 939. The molecule has 0 aliphatic rings. The monoisotopic (exact) mass is 381 g/mol. The van der Waals surface area contributed by atoms with E-state index in [1.807, 2.05) is 5.38 Å². The van der Waals surface area contributed by atoms with Crippen molar-refractivity contribution in [2.45, 2.75) is 6.61 Å². The highest BCUT2D eigenvalue weighted by molar-refractivity contribution is 7.07. The van der Waals surface area contributed by atoms with Crippen molar-refractivity contribution in [3.8, 4) is 5.75 Å². The van der Waals surface area contributed by atoms with Crippen LogP contribution in [0.5, 0.6) is 5.75 Å². The van der Waals surface area contributed by atoms with E-state index < -0.39 is 0 Å². The van der Waals surface area contributed by atoms with E-state index >= 15 is 0 Å². The molecule has 2 amide bonds. The fourth-order valence-corrected chi connectivity index (χ4v) is 2.93. The third-order valence-corrected chi connectivity index (χ3v) is 4.38. The summed E-state index contributed by atoms with van der Waals surface area (Å²) in [5.41, 5.74) is 4.13. The first-order valence-electron chi connectivity index (χ1n) is 8.26. The van der Waals surface area contributed by atoms with Crippen LogP contribution in [-0.4, -0.2) is 35.8 Å². The molecule has 0 radical (unpaired) electrons. The van der Waals surface area contributed by atoms with Crippen LogP contribution in [0.1, 0.15) is 26.4 Å². The van der Waals surface area contributed by atoms with Gasteiger partial charge in [-0.05, 0) is 36.4 Å². The maximum atomic E-state index is 12.5. The molecule has 1 N–H and O–H groups in total. The van der Waals surface area contributed by atoms with Crippen molar-refractivity contribution in [2.75, 3.05) is 19.4 Å². The molecule has 0 saturated heterocycles. The van der Waals surface area contributed by atoms with E-state index in [0.29, 0.717) is 29.2 Å². The average Bonchev–Trinajstić information content (AvgIpc) is 3.20. The van der Waals surface area contributed by atoms with Crippen LogP contribution in [0.25, 0.3) is 0 Å². The Labute approximate surface area is 161 Å². The van der Waals surface area contributed by atoms with E-state index in [1.54, 1.807) is 68.1 Å². The lowest BCUT2D eigenvalue weighted by Gasteiger charge is -2.12. The zero-order valence-corrected chi connectivity index (χ0v) is 15.8. The third kappa shape index (κ3) is 4.92. The largest absolute Gasteiger partial charge is 0.487 e. The van der Waals surface area contributed by atoms with Gasteiger partial charge in [-0.2, -0.15) is 0 Å². The molecule has 6 nitrogen and oxygen atoms in total. The predicted molar refractivity (Wildman–Crippen MR) is 105 cm³/mol. The van der Waals surface area contributed by atoms with Crippen LogP contribution in [0, 0.1) is 0 Å². The number of rotatable bonds is 6. The van der Waals surface area contributed by atoms with Crippen molar-refractivity contribution >= 4 is 28.8 Å². The van der Waals surface area contributed by atoms with Crippen LogP contribution < -0.4 is 10.1 Å². The Morgan fingerprint density at radius 2 is 1.89 bits per heavy atom. The number of hydrogen-bond donors (Lipinski definition) is 1. The molecular weight excluding hydrogens is 362 g/mol. The first kappa shape index (κ1) is 18.6. The van der Waals surface area contributed by atoms with E-state index in [0.717, 1.165) is 5.69 Å². The van der Waals surface area contributed by atoms with E-state index in [4.69, 9.17) is 4.74 Å². The van der Waals surface area contributed by atoms with Gasteiger partial charge < -0.3 is 15.0 Å². The maximum absolute atomic E-state index is 12.5. The zero-order valence-electron chi connectivity index (χ0n) is 15.0. The summed E-state index contributed by atoms with van der Waals surface area (Å²) in [6, 6.07) is 13.8. The van der Waals surface area contributed by atoms with Gasteiger partial charge in [-0.3, -0.25) is 9.59 Å². The smallest absolute Gasteiger partial charge is 0.255 e. The van der Waals surface area contributed by atoms with Crippen molar-refractivity contribution in [3.63, 3.8) is 0 Å². The average molecular weight is 381 g/mol. The highest BCUT2D eigenvalue weighted by Gasteiger charge is 2.11. The Morgan fingerprint density at radius 1 is 1.11 bits per heavy atom. The van der Waals surface area contributed by atoms with E-state index in [-0.39, 0.29) is 11.8 Å². The minimum atomic E-state index is -0.274. The SMILES string of the molecule is CN(C)C(=O)c1cccc(NC(=O)c2cccc(OCc3cscn3)c2)c1. The van der Waals surface area contributed by atoms with Gasteiger partial charge in [-0.25, -0.2) is 4.98 Å². The van der Waals surface area contributed by atoms with Crippen LogP contribution in [-0.2, 0) is 6.61 Å². The van der Waals surface area contributed by atoms with E-state index in [9.17, 15) is 9.59 Å². The van der Waals surface area contributed by atoms with Crippen LogP contribution in [0.4, 0.5) is 5.69 Å². The molecule has 0 saturated carbocycles. The van der Waals surface area contributed by atoms with Gasteiger partial charge >= 0.3 is 0 Å². The highest BCUT2D eigenvalue weighted by Crippen LogP contribution is 2.18. The van der Waals surface area contributed by atoms with E-state index in [2.05, 4.69) is 10.3 Å². The second kappa shape index (κ2) is 8.46. The molecule has 0 atom stereocenters. The van der Waals surface area contributed by atoms with Gasteiger partial charge in [0, 0.05) is 36.3 Å². The summed E-state index contributed by atoms with van der Waals surface area (Å²) in [5, 5.41) is 4.73. The third-order valence-electron chi connectivity index (χ3n) is 3.74. The van der Waals surface area contributed by atoms with Gasteiger partial charge in [-0.1, -0.05) is 12.1 Å². The number of nitrogens with one attached hydrogen (secondary N) is 1. The standard InChI is InChI=1S/C20H19N3O3S/c1-23(2)20(25)15-6-3-7-16(9-15)22-19(24)14-5-4-8-18(10-14)26-11-17-12-27-13-21-17/h3-10,12-13H,11H2,1-2H3,(H,22,24). The fourth-order valence-electron chi connectivity index (χ4n) is 2.38. The van der Waals surface area contributed by atoms with Crippen molar-refractivity contribution in [1.29, 1.82) is 0 Å². The van der Waals surface area contributed by atoms with Gasteiger partial charge in [0.15, 0.2) is 0 Å². The number of anilines is 1. The number of benzene rings is 2. The normalized spacial score (nSPS) is 10.3. The lowest BCUT2D eigenvalue weighted by molar-refractivity contribution is 0.0827. The molecule has 138 valence electrons. The first-order valence-corrected chi connectivity index (χ1v) is 9.20. The van der Waals surface area contributed by atoms with Crippen LogP contribution in [0.2, 0.25) is 0 Å². The molecule has 0 fully saturated rings. The Morgan fingerprint density at radius 3 is 2.63 bits per heavy atom. The second-order valence-electron chi connectivity index (χ2n) is 6.03. The van der Waals surface area contributed by atoms with E-state index in [1.165, 1.54) is 16.2 Å². The van der Waals surface area contributed by atoms with Gasteiger partial charge in [-0.15, -0.1) is 11.3 Å². The van der Waals surface area contributed by atoms with Crippen molar-refractivity contribution < 1.29 is 14.3 Å². The topological polar surface area (TPSA) is 71.5 Å². The first-order chi connectivity index (χ1) is 13.0. The number of carbonyl (C=O) groups excluding carboxylic acids is 2. The van der Waals surface area contributed by atoms with Gasteiger partial charge in [0.2, 0.25) is 0 Å². The molecule has 0 aliphatic carbocycles. The lowest BCUT2D eigenvalue weighted by Crippen LogP contribution is -2.22. The number of thiazole rings is 1. The van der Waals surface area contributed by atoms with Gasteiger partial charge in [0.05, 0.1) is 11.2 Å². The van der Waals surface area contributed by atoms with Crippen LogP contribution >= 0.6 is 11.3 Å². The fraction of sp³-hybridized carbons (Fsp3) is 0.150. The highest BCUT2D eigenvalue weighted by atomic mass is 32.1. The number of hydrogen-bond acceptors (Lipinski definition) is 5. The molecule has 1 heterocycles. The van der Waals surface area contributed by atoms with Crippen molar-refractivity contribution in [3.05, 3.63) is 76.2 Å². The molecule has 0 bridgehead atoms. The number of carbonyl (C=O) groups is 2. The molecule has 0 aliphatic heterocycles. The summed E-state index contributed by atoms with van der Waals surface area (Å²) in [4.78, 5) is 30.3. The molecular formula is C20H19N3O3S. The summed E-state index contributed by atoms with van der Waals surface area (Å²) >= 11 is 1.51. The molecule has 2 aromatic carbocycles. The minimum absolute atomic E-state index is 0.122. The summed E-state index contributed by atoms with van der Waals surface area (Å²) < 4.78 is 5.68. The number of aromatic nitrogens is 1. The summed E-state index contributed by atoms with van der Waals surface area (Å²) in [6.07, 6.45) is 0. The van der Waals surface area contributed by atoms with Crippen LogP contribution in [0.3, 0.4) is 0 Å². The zero-order chi connectivity index (χ0) is 19.2. The summed E-state index contributed by atoms with van der Waals surface area (Å²) in [6.45, 7) is 0.350. The minimum Gasteiger partial charge on any atom is -0.487 e. The second-order valence-corrected chi connectivity index (χ2v) is 6.75. The summed E-state index contributed by atoms with van der Waals surface area (Å²) in [7, 11) is 3.37. The molecule has 3 aromatic rings. The number of ether oxygens (including phenoxy) is 1. The maximum Gasteiger partial charge on any atom is 0.255 e. The molecule has 27 heavy (non-hydrogen) atoms. The number of nitrogens with zero attached hydrogens (tertiary/aromatic N) is 2. The molecule has 1 aromatic heterocycles. The Kier molecular flexibility index (Phi) is 5.83. The predicted octanol–water partition coefficient (Wildman–Crippen LogP) is 3.68. The quantitative estimate of drug-likeness (QED) is 0.707. The number of amides is 2. The van der Waals surface area contributed by atoms with Gasteiger partial charge in [0.1, 0.15) is 12.4 Å². The molecule has 0 spiro atoms. The Hall–Kier alpha value is -3.19. The Balaban J connectivity index is 1.68. The van der Waals surface area contributed by atoms with Crippen LogP contribution in [0.15, 0.2) is 59.4 Å². The lowest BCUT2D eigenvalue weighted by atomic mass is 10.1. The molecule has 0 unspecified atom stereocenters. The van der Waals surface area contributed by atoms with Crippen molar-refractivity contribution in [2.24, 2.45) is 0 Å². The molecule has 3 rings (SSSR count). The molecule has 7 heteroatoms. The summed E-state index contributed by atoms with van der Waals surface area (Å²) in [5.74, 6) is 0.194. The van der Waals surface area contributed by atoms with Gasteiger partial charge in [0.25, 0.3) is 11.8 Å². The van der Waals surface area contributed by atoms with Crippen molar-refractivity contribution in [1.82, 2.24) is 9.88 Å².